The SMILES string of the molecule is C/C=C/C(=O)O[C@H](C)C(=O)N1N=C(c2ccc(Cl)cc2)C[C@@H]1c1ccco1. The minimum Gasteiger partial charge on any atom is -0.467 e. The smallest absolute Gasteiger partial charge is 0.331 e. The molecule has 6 nitrogen and oxygen atoms in total. The van der Waals surface area contributed by atoms with E-state index < -0.39 is 24.0 Å². The van der Waals surface area contributed by atoms with E-state index in [1.54, 1.807) is 43.5 Å². The Morgan fingerprint density at radius 3 is 2.70 bits per heavy atom. The fraction of sp³-hybridized carbons (Fsp3) is 0.250. The Bertz CT molecular complexity index is 872. The summed E-state index contributed by atoms with van der Waals surface area (Å²) in [6.45, 7) is 3.22. The van der Waals surface area contributed by atoms with Crippen molar-refractivity contribution < 1.29 is 18.7 Å². The van der Waals surface area contributed by atoms with Crippen LogP contribution in [0.1, 0.15) is 37.6 Å². The summed E-state index contributed by atoms with van der Waals surface area (Å²) in [5, 5.41) is 6.44. The second-order valence-electron chi connectivity index (χ2n) is 6.05. The monoisotopic (exact) mass is 386 g/mol. The lowest BCUT2D eigenvalue weighted by atomic mass is 10.0. The molecule has 0 fully saturated rings. The van der Waals surface area contributed by atoms with E-state index in [0.717, 1.165) is 11.3 Å². The standard InChI is InChI=1S/C20H19ClN2O4/c1-3-5-19(24)27-13(2)20(25)23-17(18-6-4-11-26-18)12-16(22-23)14-7-9-15(21)10-8-14/h3-11,13,17H,12H2,1-2H3/b5-3+/t13-,17-/m1/s1. The summed E-state index contributed by atoms with van der Waals surface area (Å²) in [6.07, 6.45) is 3.88. The van der Waals surface area contributed by atoms with Crippen LogP contribution in [0.15, 0.2) is 64.3 Å². The van der Waals surface area contributed by atoms with Gasteiger partial charge in [-0.05, 0) is 43.7 Å². The van der Waals surface area contributed by atoms with Crippen molar-refractivity contribution in [1.29, 1.82) is 0 Å². The molecule has 1 aliphatic heterocycles. The van der Waals surface area contributed by atoms with E-state index in [4.69, 9.17) is 20.8 Å². The molecule has 0 saturated heterocycles. The largest absolute Gasteiger partial charge is 0.467 e. The van der Waals surface area contributed by atoms with Crippen LogP contribution in [0.3, 0.4) is 0 Å². The van der Waals surface area contributed by atoms with Gasteiger partial charge in [0.15, 0.2) is 6.10 Å². The molecule has 0 bridgehead atoms. The van der Waals surface area contributed by atoms with Gasteiger partial charge in [0.2, 0.25) is 0 Å². The van der Waals surface area contributed by atoms with Crippen molar-refractivity contribution in [2.45, 2.75) is 32.4 Å². The number of halogens is 1. The van der Waals surface area contributed by atoms with Crippen molar-refractivity contribution in [1.82, 2.24) is 5.01 Å². The highest BCUT2D eigenvalue weighted by atomic mass is 35.5. The van der Waals surface area contributed by atoms with Gasteiger partial charge in [-0.1, -0.05) is 29.8 Å². The molecule has 27 heavy (non-hydrogen) atoms. The predicted octanol–water partition coefficient (Wildman–Crippen LogP) is 4.12. The van der Waals surface area contributed by atoms with Crippen LogP contribution < -0.4 is 0 Å². The second kappa shape index (κ2) is 8.22. The Labute approximate surface area is 162 Å². The van der Waals surface area contributed by atoms with E-state index in [1.165, 1.54) is 18.0 Å². The highest BCUT2D eigenvalue weighted by Gasteiger charge is 2.37. The lowest BCUT2D eigenvalue weighted by Gasteiger charge is -2.22. The van der Waals surface area contributed by atoms with Gasteiger partial charge >= 0.3 is 5.97 Å². The Morgan fingerprint density at radius 2 is 2.07 bits per heavy atom. The molecule has 1 aliphatic rings. The Hall–Kier alpha value is -2.86. The molecule has 0 spiro atoms. The van der Waals surface area contributed by atoms with Crippen LogP contribution in [0, 0.1) is 0 Å². The average molecular weight is 387 g/mol. The van der Waals surface area contributed by atoms with Gasteiger partial charge in [-0.3, -0.25) is 4.79 Å². The molecule has 3 rings (SSSR count). The number of ether oxygens (including phenoxy) is 1. The number of carbonyl (C=O) groups excluding carboxylic acids is 2. The van der Waals surface area contributed by atoms with Gasteiger partial charge in [-0.15, -0.1) is 0 Å². The summed E-state index contributed by atoms with van der Waals surface area (Å²) in [6, 6.07) is 10.4. The van der Waals surface area contributed by atoms with E-state index in [9.17, 15) is 9.59 Å². The van der Waals surface area contributed by atoms with Crippen molar-refractivity contribution in [3.8, 4) is 0 Å². The number of allylic oxidation sites excluding steroid dienone is 1. The van der Waals surface area contributed by atoms with Gasteiger partial charge in [-0.2, -0.15) is 5.10 Å². The van der Waals surface area contributed by atoms with E-state index in [-0.39, 0.29) is 0 Å². The minimum absolute atomic E-state index is 0.402. The van der Waals surface area contributed by atoms with Gasteiger partial charge in [0.05, 0.1) is 12.0 Å². The van der Waals surface area contributed by atoms with Crippen LogP contribution in [0.25, 0.3) is 0 Å². The van der Waals surface area contributed by atoms with Crippen LogP contribution in [0.4, 0.5) is 0 Å². The Kier molecular flexibility index (Phi) is 5.76. The first kappa shape index (κ1) is 18.9. The summed E-state index contributed by atoms with van der Waals surface area (Å²) >= 11 is 5.95. The number of amides is 1. The number of hydrazone groups is 1. The van der Waals surface area contributed by atoms with Crippen LogP contribution in [-0.2, 0) is 14.3 Å². The number of hydrogen-bond donors (Lipinski definition) is 0. The first-order valence-corrected chi connectivity index (χ1v) is 8.90. The average Bonchev–Trinajstić information content (AvgIpc) is 3.31. The topological polar surface area (TPSA) is 72.1 Å². The third kappa shape index (κ3) is 4.28. The molecular formula is C20H19ClN2O4. The number of nitrogens with zero attached hydrogens (tertiary/aromatic N) is 2. The normalized spacial score (nSPS) is 17.8. The number of benzene rings is 1. The third-order valence-electron chi connectivity index (χ3n) is 4.13. The van der Waals surface area contributed by atoms with Crippen LogP contribution in [0.5, 0.6) is 0 Å². The highest BCUT2D eigenvalue weighted by Crippen LogP contribution is 2.33. The summed E-state index contributed by atoms with van der Waals surface area (Å²) in [7, 11) is 0. The molecule has 140 valence electrons. The molecule has 0 unspecified atom stereocenters. The van der Waals surface area contributed by atoms with Gasteiger partial charge in [0.1, 0.15) is 11.8 Å². The first-order chi connectivity index (χ1) is 13.0. The molecule has 0 saturated carbocycles. The van der Waals surface area contributed by atoms with Crippen LogP contribution in [-0.4, -0.2) is 28.7 Å². The maximum Gasteiger partial charge on any atom is 0.331 e. The molecule has 0 aliphatic carbocycles. The lowest BCUT2D eigenvalue weighted by Crippen LogP contribution is -2.37. The summed E-state index contributed by atoms with van der Waals surface area (Å²) < 4.78 is 10.6. The maximum atomic E-state index is 12.9. The Balaban J connectivity index is 1.86. The highest BCUT2D eigenvalue weighted by molar-refractivity contribution is 6.30. The molecule has 1 aromatic heterocycles. The number of hydrogen-bond acceptors (Lipinski definition) is 5. The van der Waals surface area contributed by atoms with Crippen LogP contribution in [0.2, 0.25) is 5.02 Å². The molecular weight excluding hydrogens is 368 g/mol. The molecule has 0 radical (unpaired) electrons. The molecule has 2 atom stereocenters. The summed E-state index contributed by atoms with van der Waals surface area (Å²) in [5.74, 6) is -0.379. The molecule has 0 N–H and O–H groups in total. The fourth-order valence-electron chi connectivity index (χ4n) is 2.82. The van der Waals surface area contributed by atoms with Gasteiger partial charge in [0, 0.05) is 17.5 Å². The third-order valence-corrected chi connectivity index (χ3v) is 4.38. The number of carbonyl (C=O) groups is 2. The van der Waals surface area contributed by atoms with Crippen LogP contribution >= 0.6 is 11.6 Å². The zero-order valence-corrected chi connectivity index (χ0v) is 15.7. The van der Waals surface area contributed by atoms with Gasteiger partial charge < -0.3 is 9.15 Å². The van der Waals surface area contributed by atoms with Crippen molar-refractivity contribution in [2.75, 3.05) is 0 Å². The number of esters is 1. The molecule has 1 amide bonds. The van der Waals surface area contributed by atoms with Gasteiger partial charge in [-0.25, -0.2) is 9.80 Å². The van der Waals surface area contributed by atoms with E-state index in [0.29, 0.717) is 17.2 Å². The number of furan rings is 1. The Morgan fingerprint density at radius 1 is 1.33 bits per heavy atom. The predicted molar refractivity (Wildman–Crippen MR) is 101 cm³/mol. The molecule has 1 aromatic carbocycles. The summed E-state index contributed by atoms with van der Waals surface area (Å²) in [4.78, 5) is 24.5. The number of rotatable bonds is 5. The quantitative estimate of drug-likeness (QED) is 0.572. The van der Waals surface area contributed by atoms with E-state index in [2.05, 4.69) is 5.10 Å². The van der Waals surface area contributed by atoms with Crippen molar-refractivity contribution in [3.05, 3.63) is 71.2 Å². The molecule has 7 heteroatoms. The lowest BCUT2D eigenvalue weighted by molar-refractivity contribution is -0.156. The van der Waals surface area contributed by atoms with Gasteiger partial charge in [0.25, 0.3) is 5.91 Å². The zero-order chi connectivity index (χ0) is 19.4. The van der Waals surface area contributed by atoms with E-state index >= 15 is 0 Å². The molecule has 2 aromatic rings. The minimum atomic E-state index is -0.973. The zero-order valence-electron chi connectivity index (χ0n) is 15.0. The first-order valence-electron chi connectivity index (χ1n) is 8.52. The molecule has 2 heterocycles. The van der Waals surface area contributed by atoms with Crippen molar-refractivity contribution in [2.24, 2.45) is 5.10 Å². The fourth-order valence-corrected chi connectivity index (χ4v) is 2.95. The second-order valence-corrected chi connectivity index (χ2v) is 6.49. The van der Waals surface area contributed by atoms with Crippen molar-refractivity contribution in [3.63, 3.8) is 0 Å². The van der Waals surface area contributed by atoms with Crippen molar-refractivity contribution >= 4 is 29.2 Å². The summed E-state index contributed by atoms with van der Waals surface area (Å²) in [5.41, 5.74) is 1.60. The maximum absolute atomic E-state index is 12.9. The van der Waals surface area contributed by atoms with E-state index in [1.807, 2.05) is 12.1 Å².